The van der Waals surface area contributed by atoms with Crippen molar-refractivity contribution in [1.82, 2.24) is 4.73 Å². The van der Waals surface area contributed by atoms with Crippen molar-refractivity contribution < 1.29 is 5.21 Å². The molecule has 1 heterocycles. The zero-order chi connectivity index (χ0) is 15.2. The van der Waals surface area contributed by atoms with Gasteiger partial charge in [0.05, 0.1) is 11.2 Å². The molecule has 0 aliphatic heterocycles. The number of rotatable bonds is 6. The lowest BCUT2D eigenvalue weighted by molar-refractivity contribution is 0.189. The summed E-state index contributed by atoms with van der Waals surface area (Å²) < 4.78 is 1.16. The van der Waals surface area contributed by atoms with Crippen molar-refractivity contribution in [2.24, 2.45) is 0 Å². The fraction of sp³-hybridized carbons (Fsp3) is 0.389. The predicted molar refractivity (Wildman–Crippen MR) is 87.1 cm³/mol. The first-order chi connectivity index (χ1) is 10.2. The number of unbranched alkanes of at least 4 members (excludes halogenated alkanes) is 3. The molecule has 0 atom stereocenters. The van der Waals surface area contributed by atoms with Gasteiger partial charge in [-0.25, -0.2) is 0 Å². The minimum atomic E-state index is 0.00489. The van der Waals surface area contributed by atoms with E-state index in [4.69, 9.17) is 0 Å². The Hall–Kier alpha value is -2.03. The van der Waals surface area contributed by atoms with Gasteiger partial charge in [0.25, 0.3) is 0 Å². The molecule has 1 aromatic heterocycles. The molecule has 112 valence electrons. The summed E-state index contributed by atoms with van der Waals surface area (Å²) in [6.07, 6.45) is 9.45. The lowest BCUT2D eigenvalue weighted by Crippen LogP contribution is -2.16. The average Bonchev–Trinajstić information content (AvgIpc) is 2.51. The van der Waals surface area contributed by atoms with Crippen molar-refractivity contribution in [2.45, 2.75) is 46.0 Å². The highest BCUT2D eigenvalue weighted by Gasteiger charge is 2.11. The van der Waals surface area contributed by atoms with E-state index in [9.17, 15) is 10.0 Å². The Labute approximate surface area is 125 Å². The van der Waals surface area contributed by atoms with Crippen LogP contribution in [0.3, 0.4) is 0 Å². The molecule has 1 aromatic carbocycles. The van der Waals surface area contributed by atoms with Gasteiger partial charge in [0.2, 0.25) is 0 Å². The van der Waals surface area contributed by atoms with Gasteiger partial charge >= 0.3 is 0 Å². The van der Waals surface area contributed by atoms with Gasteiger partial charge in [-0.3, -0.25) is 4.79 Å². The number of hydrogen-bond acceptors (Lipinski definition) is 2. The summed E-state index contributed by atoms with van der Waals surface area (Å²) in [7, 11) is 0. The highest BCUT2D eigenvalue weighted by molar-refractivity contribution is 5.79. The van der Waals surface area contributed by atoms with Gasteiger partial charge in [0.1, 0.15) is 0 Å². The van der Waals surface area contributed by atoms with Crippen LogP contribution < -0.4 is 5.43 Å². The van der Waals surface area contributed by atoms with Crippen LogP contribution in [0.25, 0.3) is 10.9 Å². The molecule has 0 bridgehead atoms. The minimum absolute atomic E-state index is 0.00489. The van der Waals surface area contributed by atoms with E-state index in [-0.39, 0.29) is 5.43 Å². The predicted octanol–water partition coefficient (Wildman–Crippen LogP) is 4.23. The van der Waals surface area contributed by atoms with Crippen molar-refractivity contribution >= 4 is 10.9 Å². The average molecular weight is 285 g/mol. The summed E-state index contributed by atoms with van der Waals surface area (Å²) in [5, 5.41) is 10.9. The molecule has 0 unspecified atom stereocenters. The summed E-state index contributed by atoms with van der Waals surface area (Å²) >= 11 is 0. The Kier molecular flexibility index (Phi) is 5.20. The number of fused-ring (bicyclic) bond motifs is 1. The van der Waals surface area contributed by atoms with Crippen LogP contribution in [0, 0.1) is 6.92 Å². The molecule has 0 aliphatic rings. The molecule has 0 amide bonds. The highest BCUT2D eigenvalue weighted by atomic mass is 16.5. The van der Waals surface area contributed by atoms with Gasteiger partial charge < -0.3 is 5.21 Å². The second-order valence-electron chi connectivity index (χ2n) is 5.40. The highest BCUT2D eigenvalue weighted by Crippen LogP contribution is 2.15. The summed E-state index contributed by atoms with van der Waals surface area (Å²) in [6.45, 7) is 3.97. The fourth-order valence-corrected chi connectivity index (χ4v) is 2.55. The monoisotopic (exact) mass is 285 g/mol. The molecular weight excluding hydrogens is 262 g/mol. The van der Waals surface area contributed by atoms with Gasteiger partial charge in [-0.05, 0) is 31.9 Å². The second-order valence-corrected chi connectivity index (χ2v) is 5.40. The largest absolute Gasteiger partial charge is 0.428 e. The Bertz CT molecular complexity index is 698. The zero-order valence-electron chi connectivity index (χ0n) is 12.8. The van der Waals surface area contributed by atoms with Crippen molar-refractivity contribution in [3.05, 3.63) is 57.9 Å². The Morgan fingerprint density at radius 1 is 1.19 bits per heavy atom. The first-order valence-corrected chi connectivity index (χ1v) is 7.64. The summed E-state index contributed by atoms with van der Waals surface area (Å²) in [6, 6.07) is 7.16. The SMILES string of the molecule is CCCCC/C=C/Cc1c(C)c(=O)c2ccccc2n1O. The van der Waals surface area contributed by atoms with E-state index < -0.39 is 0 Å². The van der Waals surface area contributed by atoms with Crippen molar-refractivity contribution in [1.29, 1.82) is 0 Å². The van der Waals surface area contributed by atoms with Crippen LogP contribution in [0.2, 0.25) is 0 Å². The standard InChI is InChI=1S/C18H23NO2/c1-3-4-5-6-7-8-12-16-14(2)18(20)15-11-9-10-13-17(15)19(16)21/h7-11,13,21H,3-6,12H2,1-2H3/b8-7+. The van der Waals surface area contributed by atoms with Gasteiger partial charge in [0.15, 0.2) is 5.43 Å². The fourth-order valence-electron chi connectivity index (χ4n) is 2.55. The quantitative estimate of drug-likeness (QED) is 0.490. The van der Waals surface area contributed by atoms with Gasteiger partial charge in [0, 0.05) is 17.4 Å². The maximum atomic E-state index is 12.3. The first kappa shape index (κ1) is 15.4. The third-order valence-corrected chi connectivity index (χ3v) is 3.86. The molecule has 2 aromatic rings. The third-order valence-electron chi connectivity index (χ3n) is 3.86. The van der Waals surface area contributed by atoms with Crippen LogP contribution in [0.4, 0.5) is 0 Å². The second kappa shape index (κ2) is 7.11. The number of hydrogen-bond donors (Lipinski definition) is 1. The van der Waals surface area contributed by atoms with E-state index in [0.717, 1.165) is 11.2 Å². The van der Waals surface area contributed by atoms with E-state index in [1.165, 1.54) is 19.3 Å². The molecule has 0 fully saturated rings. The summed E-state index contributed by atoms with van der Waals surface area (Å²) in [4.78, 5) is 12.3. The third kappa shape index (κ3) is 3.35. The molecule has 0 saturated carbocycles. The van der Waals surface area contributed by atoms with Crippen molar-refractivity contribution in [3.8, 4) is 0 Å². The van der Waals surface area contributed by atoms with E-state index in [0.29, 0.717) is 28.6 Å². The Balaban J connectivity index is 2.26. The lowest BCUT2D eigenvalue weighted by atomic mass is 10.1. The van der Waals surface area contributed by atoms with Crippen LogP contribution in [-0.2, 0) is 6.42 Å². The first-order valence-electron chi connectivity index (χ1n) is 7.64. The van der Waals surface area contributed by atoms with Gasteiger partial charge in [-0.2, -0.15) is 4.73 Å². The molecule has 1 N–H and O–H groups in total. The van der Waals surface area contributed by atoms with Crippen LogP contribution >= 0.6 is 0 Å². The number of benzene rings is 1. The van der Waals surface area contributed by atoms with E-state index in [2.05, 4.69) is 13.0 Å². The van der Waals surface area contributed by atoms with Crippen molar-refractivity contribution in [2.75, 3.05) is 0 Å². The molecule has 0 aliphatic carbocycles. The molecule has 2 rings (SSSR count). The number of aromatic nitrogens is 1. The van der Waals surface area contributed by atoms with Gasteiger partial charge in [-0.1, -0.05) is 44.1 Å². The molecule has 0 spiro atoms. The zero-order valence-corrected chi connectivity index (χ0v) is 12.8. The van der Waals surface area contributed by atoms with E-state index in [1.54, 1.807) is 19.1 Å². The van der Waals surface area contributed by atoms with E-state index in [1.807, 2.05) is 18.2 Å². The lowest BCUT2D eigenvalue weighted by Gasteiger charge is -2.12. The van der Waals surface area contributed by atoms with Gasteiger partial charge in [-0.15, -0.1) is 0 Å². The molecule has 0 radical (unpaired) electrons. The molecule has 0 saturated heterocycles. The summed E-state index contributed by atoms with van der Waals surface area (Å²) in [5.74, 6) is 0. The van der Waals surface area contributed by atoms with Crippen LogP contribution in [0.5, 0.6) is 0 Å². The minimum Gasteiger partial charge on any atom is -0.428 e. The number of allylic oxidation sites excluding steroid dienone is 2. The van der Waals surface area contributed by atoms with E-state index >= 15 is 0 Å². The normalized spacial score (nSPS) is 11.5. The number of pyridine rings is 1. The topological polar surface area (TPSA) is 42.2 Å². The maximum Gasteiger partial charge on any atom is 0.192 e. The molecule has 3 heteroatoms. The van der Waals surface area contributed by atoms with Crippen LogP contribution in [0.15, 0.2) is 41.2 Å². The Morgan fingerprint density at radius 3 is 2.71 bits per heavy atom. The molecular formula is C18H23NO2. The summed E-state index contributed by atoms with van der Waals surface area (Å²) in [5.41, 5.74) is 1.87. The van der Waals surface area contributed by atoms with Crippen LogP contribution in [-0.4, -0.2) is 9.94 Å². The number of para-hydroxylation sites is 1. The smallest absolute Gasteiger partial charge is 0.192 e. The number of nitrogens with zero attached hydrogens (tertiary/aromatic N) is 1. The maximum absolute atomic E-state index is 12.3. The van der Waals surface area contributed by atoms with Crippen molar-refractivity contribution in [3.63, 3.8) is 0 Å². The van der Waals surface area contributed by atoms with Crippen LogP contribution in [0.1, 0.15) is 43.9 Å². The molecule has 21 heavy (non-hydrogen) atoms. The molecule has 3 nitrogen and oxygen atoms in total. The Morgan fingerprint density at radius 2 is 1.95 bits per heavy atom.